The highest BCUT2D eigenvalue weighted by Gasteiger charge is 2.20. The van der Waals surface area contributed by atoms with Gasteiger partial charge >= 0.3 is 5.97 Å². The summed E-state index contributed by atoms with van der Waals surface area (Å²) >= 11 is 5.81. The fraction of sp³-hybridized carbons (Fsp3) is 0.316. The summed E-state index contributed by atoms with van der Waals surface area (Å²) in [5, 5.41) is 0.201. The fourth-order valence-corrected chi connectivity index (χ4v) is 3.95. The first-order valence-corrected chi connectivity index (χ1v) is 10.8. The molecule has 0 atom stereocenters. The second kappa shape index (κ2) is 8.48. The highest BCUT2D eigenvalue weighted by atomic mass is 35.5. The minimum Gasteiger partial charge on any atom is -0.454 e. The zero-order valence-electron chi connectivity index (χ0n) is 16.3. The summed E-state index contributed by atoms with van der Waals surface area (Å²) in [7, 11) is -0.615. The molecule has 29 heavy (non-hydrogen) atoms. The zero-order chi connectivity index (χ0) is 21.2. The van der Waals surface area contributed by atoms with Crippen molar-refractivity contribution < 1.29 is 17.9 Å². The van der Waals surface area contributed by atoms with Crippen LogP contribution in [0.4, 0.5) is 0 Å². The van der Waals surface area contributed by atoms with Gasteiger partial charge in [-0.25, -0.2) is 27.5 Å². The van der Waals surface area contributed by atoms with E-state index >= 15 is 0 Å². The molecule has 0 radical (unpaired) electrons. The molecule has 10 heteroatoms. The Balaban J connectivity index is 1.92. The summed E-state index contributed by atoms with van der Waals surface area (Å²) in [4.78, 5) is 20.8. The summed E-state index contributed by atoms with van der Waals surface area (Å²) in [5.74, 6) is -0.00460. The number of rotatable bonds is 7. The van der Waals surface area contributed by atoms with Gasteiger partial charge in [0, 0.05) is 26.8 Å². The molecule has 0 N–H and O–H groups in total. The number of nitrogens with zero attached hydrogens (tertiary/aromatic N) is 4. The third-order valence-electron chi connectivity index (χ3n) is 4.32. The maximum absolute atomic E-state index is 12.4. The van der Waals surface area contributed by atoms with Crippen LogP contribution in [0.2, 0.25) is 5.15 Å². The van der Waals surface area contributed by atoms with Crippen LogP contribution in [0.1, 0.15) is 29.5 Å². The van der Waals surface area contributed by atoms with Crippen LogP contribution in [0.5, 0.6) is 0 Å². The van der Waals surface area contributed by atoms with E-state index in [9.17, 15) is 13.2 Å². The third-order valence-corrected chi connectivity index (χ3v) is 6.34. The first kappa shape index (κ1) is 21.2. The number of halogens is 1. The van der Waals surface area contributed by atoms with Crippen LogP contribution in [-0.2, 0) is 27.9 Å². The minimum absolute atomic E-state index is 0.0524. The standard InChI is InChI=1S/C19H21ClN4O4S/c1-4-9-24-16-6-5-14(29(26,27)23(2)3)11-15(16)22-18(24)12-28-19(25)13-7-8-21-17(20)10-13/h5-8,10-11H,4,9,12H2,1-3H3. The number of ether oxygens (including phenoxy) is 1. The van der Waals surface area contributed by atoms with Crippen LogP contribution in [0.3, 0.4) is 0 Å². The molecule has 8 nitrogen and oxygen atoms in total. The lowest BCUT2D eigenvalue weighted by Gasteiger charge is -2.11. The number of carbonyl (C=O) groups is 1. The van der Waals surface area contributed by atoms with Crippen LogP contribution >= 0.6 is 11.6 Å². The van der Waals surface area contributed by atoms with Gasteiger partial charge in [0.15, 0.2) is 0 Å². The van der Waals surface area contributed by atoms with Crippen molar-refractivity contribution in [2.75, 3.05) is 14.1 Å². The molecule has 0 aliphatic heterocycles. The number of aryl methyl sites for hydroxylation is 1. The average Bonchev–Trinajstić information content (AvgIpc) is 3.03. The SMILES string of the molecule is CCCn1c(COC(=O)c2ccnc(Cl)c2)nc2cc(S(=O)(=O)N(C)C)ccc21. The second-order valence-electron chi connectivity index (χ2n) is 6.56. The van der Waals surface area contributed by atoms with E-state index in [1.807, 2.05) is 11.5 Å². The maximum atomic E-state index is 12.4. The van der Waals surface area contributed by atoms with Crippen LogP contribution in [0, 0.1) is 0 Å². The van der Waals surface area contributed by atoms with E-state index in [1.165, 1.54) is 38.5 Å². The number of imidazole rings is 1. The maximum Gasteiger partial charge on any atom is 0.338 e. The Labute approximate surface area is 174 Å². The molecule has 0 bridgehead atoms. The Kier molecular flexibility index (Phi) is 6.21. The van der Waals surface area contributed by atoms with Crippen LogP contribution in [-0.4, -0.2) is 47.3 Å². The Morgan fingerprint density at radius 3 is 2.66 bits per heavy atom. The Morgan fingerprint density at radius 1 is 1.24 bits per heavy atom. The lowest BCUT2D eigenvalue weighted by Crippen LogP contribution is -2.22. The number of hydrogen-bond acceptors (Lipinski definition) is 6. The quantitative estimate of drug-likeness (QED) is 0.417. The predicted molar refractivity (Wildman–Crippen MR) is 109 cm³/mol. The second-order valence-corrected chi connectivity index (χ2v) is 9.10. The van der Waals surface area contributed by atoms with E-state index in [1.54, 1.807) is 12.1 Å². The number of esters is 1. The Morgan fingerprint density at radius 2 is 2.00 bits per heavy atom. The number of benzene rings is 1. The molecule has 0 saturated carbocycles. The van der Waals surface area contributed by atoms with Crippen molar-refractivity contribution in [2.24, 2.45) is 0 Å². The minimum atomic E-state index is -3.57. The van der Waals surface area contributed by atoms with Gasteiger partial charge in [-0.05, 0) is 36.8 Å². The molecule has 3 aromatic rings. The van der Waals surface area contributed by atoms with Crippen molar-refractivity contribution in [1.29, 1.82) is 0 Å². The summed E-state index contributed by atoms with van der Waals surface area (Å²) in [6.45, 7) is 2.62. The summed E-state index contributed by atoms with van der Waals surface area (Å²) in [5.41, 5.74) is 1.60. The first-order valence-electron chi connectivity index (χ1n) is 8.94. The van der Waals surface area contributed by atoms with E-state index in [0.29, 0.717) is 23.4 Å². The molecule has 0 aliphatic carbocycles. The monoisotopic (exact) mass is 436 g/mol. The van der Waals surface area contributed by atoms with Crippen LogP contribution in [0.15, 0.2) is 41.4 Å². The molecule has 3 rings (SSSR count). The van der Waals surface area contributed by atoms with Gasteiger partial charge < -0.3 is 9.30 Å². The molecular formula is C19H21ClN4O4S. The fourth-order valence-electron chi connectivity index (χ4n) is 2.86. The van der Waals surface area contributed by atoms with Crippen LogP contribution in [0.25, 0.3) is 11.0 Å². The highest BCUT2D eigenvalue weighted by molar-refractivity contribution is 7.89. The molecule has 0 amide bonds. The smallest absolute Gasteiger partial charge is 0.338 e. The lowest BCUT2D eigenvalue weighted by molar-refractivity contribution is 0.0458. The molecule has 0 spiro atoms. The number of fused-ring (bicyclic) bond motifs is 1. The largest absolute Gasteiger partial charge is 0.454 e. The van der Waals surface area contributed by atoms with Gasteiger partial charge in [0.2, 0.25) is 10.0 Å². The number of aromatic nitrogens is 3. The third kappa shape index (κ3) is 4.42. The van der Waals surface area contributed by atoms with Crippen LogP contribution < -0.4 is 0 Å². The first-order chi connectivity index (χ1) is 13.7. The van der Waals surface area contributed by atoms with Gasteiger partial charge in [0.1, 0.15) is 17.6 Å². The highest BCUT2D eigenvalue weighted by Crippen LogP contribution is 2.23. The van der Waals surface area contributed by atoms with E-state index < -0.39 is 16.0 Å². The van der Waals surface area contributed by atoms with Gasteiger partial charge in [-0.3, -0.25) is 0 Å². The number of sulfonamides is 1. The van der Waals surface area contributed by atoms with Gasteiger partial charge in [-0.2, -0.15) is 0 Å². The number of hydrogen-bond donors (Lipinski definition) is 0. The topological polar surface area (TPSA) is 94.4 Å². The van der Waals surface area contributed by atoms with Gasteiger partial charge in [0.25, 0.3) is 0 Å². The van der Waals surface area contributed by atoms with E-state index in [4.69, 9.17) is 16.3 Å². The number of pyridine rings is 1. The summed E-state index contributed by atoms with van der Waals surface area (Å²) < 4.78 is 33.3. The molecule has 154 valence electrons. The Hall–Kier alpha value is -2.49. The molecule has 2 heterocycles. The van der Waals surface area contributed by atoms with E-state index in [2.05, 4.69) is 9.97 Å². The molecule has 0 fully saturated rings. The predicted octanol–water partition coefficient (Wildman–Crippen LogP) is 3.10. The molecule has 2 aromatic heterocycles. The van der Waals surface area contributed by atoms with Crippen molar-refractivity contribution >= 4 is 38.6 Å². The molecule has 0 saturated heterocycles. The van der Waals surface area contributed by atoms with Crippen molar-refractivity contribution in [3.05, 3.63) is 53.1 Å². The van der Waals surface area contributed by atoms with Crippen molar-refractivity contribution in [2.45, 2.75) is 31.4 Å². The average molecular weight is 437 g/mol. The summed E-state index contributed by atoms with van der Waals surface area (Å²) in [6, 6.07) is 7.76. The normalized spacial score (nSPS) is 11.9. The lowest BCUT2D eigenvalue weighted by atomic mass is 10.3. The Bertz CT molecular complexity index is 1160. The van der Waals surface area contributed by atoms with Gasteiger partial charge in [-0.15, -0.1) is 0 Å². The molecule has 0 aliphatic rings. The van der Waals surface area contributed by atoms with E-state index in [-0.39, 0.29) is 16.7 Å². The van der Waals surface area contributed by atoms with Crippen molar-refractivity contribution in [3.63, 3.8) is 0 Å². The number of carbonyl (C=O) groups excluding carboxylic acids is 1. The molecule has 0 unspecified atom stereocenters. The van der Waals surface area contributed by atoms with Crippen molar-refractivity contribution in [3.8, 4) is 0 Å². The molecular weight excluding hydrogens is 416 g/mol. The van der Waals surface area contributed by atoms with Crippen molar-refractivity contribution in [1.82, 2.24) is 18.8 Å². The summed E-state index contributed by atoms with van der Waals surface area (Å²) in [6.07, 6.45) is 2.27. The zero-order valence-corrected chi connectivity index (χ0v) is 17.9. The van der Waals surface area contributed by atoms with Gasteiger partial charge in [-0.1, -0.05) is 18.5 Å². The van der Waals surface area contributed by atoms with Gasteiger partial charge in [0.05, 0.1) is 21.5 Å². The van der Waals surface area contributed by atoms with E-state index in [0.717, 1.165) is 16.2 Å². The molecule has 1 aromatic carbocycles.